The van der Waals surface area contributed by atoms with Crippen molar-refractivity contribution >= 4 is 35.0 Å². The summed E-state index contributed by atoms with van der Waals surface area (Å²) >= 11 is 0. The van der Waals surface area contributed by atoms with Gasteiger partial charge in [0, 0.05) is 13.1 Å². The number of aliphatic hydroxyl groups excluding tert-OH is 1. The monoisotopic (exact) mass is 682 g/mol. The third-order valence-corrected chi connectivity index (χ3v) is 7.34. The summed E-state index contributed by atoms with van der Waals surface area (Å²) in [6, 6.07) is 26.6. The number of benzene rings is 4. The number of rotatable bonds is 0. The number of hydrogen-bond acceptors (Lipinski definition) is 9. The van der Waals surface area contributed by atoms with Gasteiger partial charge in [0.2, 0.25) is 0 Å². The van der Waals surface area contributed by atoms with Crippen LogP contribution in [0.4, 0.5) is 11.4 Å². The second kappa shape index (κ2) is 17.9. The number of amides is 4. The van der Waals surface area contributed by atoms with E-state index in [-0.39, 0.29) is 60.9 Å². The minimum absolute atomic E-state index is 0.165. The molecule has 13 heteroatoms. The van der Waals surface area contributed by atoms with Crippen molar-refractivity contribution in [1.29, 1.82) is 0 Å². The highest BCUT2D eigenvalue weighted by Crippen LogP contribution is 2.26. The molecule has 0 saturated heterocycles. The lowest BCUT2D eigenvalue weighted by Crippen LogP contribution is -2.28. The van der Waals surface area contributed by atoms with Crippen LogP contribution in [-0.4, -0.2) is 74.4 Å². The fourth-order valence-corrected chi connectivity index (χ4v) is 4.88. The predicted octanol–water partition coefficient (Wildman–Crippen LogP) is 3.79. The van der Waals surface area contributed by atoms with Crippen molar-refractivity contribution in [2.24, 2.45) is 0 Å². The van der Waals surface area contributed by atoms with E-state index in [0.29, 0.717) is 48.8 Å². The molecule has 50 heavy (non-hydrogen) atoms. The van der Waals surface area contributed by atoms with E-state index in [9.17, 15) is 24.3 Å². The fraction of sp³-hybridized carbons (Fsp3) is 0.243. The number of carbonyl (C=O) groups excluding carboxylic acids is 4. The van der Waals surface area contributed by atoms with Gasteiger partial charge in [0.15, 0.2) is 13.2 Å². The molecule has 4 amide bonds. The largest absolute Gasteiger partial charge is 0.489 e. The van der Waals surface area contributed by atoms with Gasteiger partial charge >= 0.3 is 0 Å². The average Bonchev–Trinajstić information content (AvgIpc) is 3.13. The molecule has 0 saturated carbocycles. The van der Waals surface area contributed by atoms with Crippen LogP contribution in [0.15, 0.2) is 97.1 Å². The van der Waals surface area contributed by atoms with E-state index < -0.39 is 17.9 Å². The van der Waals surface area contributed by atoms with E-state index >= 15 is 0 Å². The second-order valence-corrected chi connectivity index (χ2v) is 11.2. The third-order valence-electron chi connectivity index (χ3n) is 7.34. The van der Waals surface area contributed by atoms with E-state index in [1.54, 1.807) is 97.1 Å². The van der Waals surface area contributed by atoms with Crippen molar-refractivity contribution in [2.75, 3.05) is 50.2 Å². The molecule has 5 rings (SSSR count). The SMILES string of the molecule is O=C1COc2ccccc2C(=O)NCCCCNC(=O)c2ccccc2OCC(=O)Nc2ccccc2OCC(O)COc2ccccc2N1. The molecule has 0 fully saturated rings. The maximum atomic E-state index is 12.9. The summed E-state index contributed by atoms with van der Waals surface area (Å²) in [5.41, 5.74) is 1.26. The molecule has 4 aromatic rings. The van der Waals surface area contributed by atoms with Crippen LogP contribution >= 0.6 is 0 Å². The molecule has 0 unspecified atom stereocenters. The lowest BCUT2D eigenvalue weighted by atomic mass is 10.1. The van der Waals surface area contributed by atoms with Gasteiger partial charge in [0.25, 0.3) is 23.6 Å². The number of ether oxygens (including phenoxy) is 4. The first-order valence-corrected chi connectivity index (χ1v) is 16.1. The van der Waals surface area contributed by atoms with Gasteiger partial charge in [-0.1, -0.05) is 48.5 Å². The topological polar surface area (TPSA) is 174 Å². The van der Waals surface area contributed by atoms with Gasteiger partial charge in [0.05, 0.1) is 22.5 Å². The van der Waals surface area contributed by atoms with Gasteiger partial charge in [-0.3, -0.25) is 19.2 Å². The van der Waals surface area contributed by atoms with E-state index in [0.717, 1.165) is 0 Å². The summed E-state index contributed by atoms with van der Waals surface area (Å²) in [5.74, 6) is -0.603. The zero-order valence-electron chi connectivity index (χ0n) is 27.2. The zero-order valence-corrected chi connectivity index (χ0v) is 27.2. The standard InChI is InChI=1S/C37H38N4O9/c42-25-21-47-32-17-7-3-13-28(32)40-34(43)23-49-30-15-5-1-11-26(30)36(45)38-19-9-10-20-39-37(46)27-12-2-6-16-31(27)50-24-35(44)41-29-14-4-8-18-33(29)48-22-25/h1-8,11-18,25,42H,9-10,19-24H2,(H,38,45)(H,39,46)(H,40,43)(H,41,44). The van der Waals surface area contributed by atoms with Crippen LogP contribution in [0.2, 0.25) is 0 Å². The Kier molecular flexibility index (Phi) is 12.6. The Balaban J connectivity index is 1.29. The molecule has 0 aromatic heterocycles. The van der Waals surface area contributed by atoms with Crippen molar-refractivity contribution in [3.05, 3.63) is 108 Å². The Morgan fingerprint density at radius 1 is 0.500 bits per heavy atom. The first-order chi connectivity index (χ1) is 24.4. The highest BCUT2D eigenvalue weighted by Gasteiger charge is 2.17. The van der Waals surface area contributed by atoms with Gasteiger partial charge < -0.3 is 45.3 Å². The van der Waals surface area contributed by atoms with Gasteiger partial charge in [-0.25, -0.2) is 0 Å². The van der Waals surface area contributed by atoms with Crippen molar-refractivity contribution < 1.29 is 43.2 Å². The first kappa shape index (κ1) is 35.2. The van der Waals surface area contributed by atoms with Crippen molar-refractivity contribution in [3.63, 3.8) is 0 Å². The number of carbonyl (C=O) groups is 4. The zero-order chi connectivity index (χ0) is 35.1. The maximum Gasteiger partial charge on any atom is 0.262 e. The van der Waals surface area contributed by atoms with E-state index in [2.05, 4.69) is 21.3 Å². The Hall–Kier alpha value is -6.08. The molecule has 13 nitrogen and oxygen atoms in total. The third kappa shape index (κ3) is 10.2. The van der Waals surface area contributed by atoms with Crippen molar-refractivity contribution in [1.82, 2.24) is 10.6 Å². The smallest absolute Gasteiger partial charge is 0.262 e. The summed E-state index contributed by atoms with van der Waals surface area (Å²) in [4.78, 5) is 51.5. The molecule has 1 aliphatic heterocycles. The van der Waals surface area contributed by atoms with Crippen LogP contribution in [-0.2, 0) is 9.59 Å². The van der Waals surface area contributed by atoms with Crippen LogP contribution in [0.25, 0.3) is 0 Å². The summed E-state index contributed by atoms with van der Waals surface area (Å²) in [6.07, 6.45) is 0.0920. The van der Waals surface area contributed by atoms with Gasteiger partial charge in [-0.2, -0.15) is 0 Å². The van der Waals surface area contributed by atoms with Crippen LogP contribution in [0, 0.1) is 0 Å². The molecule has 1 aliphatic rings. The Morgan fingerprint density at radius 3 is 1.32 bits per heavy atom. The average molecular weight is 683 g/mol. The molecule has 5 N–H and O–H groups in total. The number of nitrogens with one attached hydrogen (secondary N) is 4. The van der Waals surface area contributed by atoms with Gasteiger partial charge in [-0.05, 0) is 61.4 Å². The van der Waals surface area contributed by atoms with Gasteiger partial charge in [0.1, 0.15) is 42.3 Å². The van der Waals surface area contributed by atoms with Crippen LogP contribution in [0.1, 0.15) is 33.6 Å². The molecule has 0 radical (unpaired) electrons. The molecule has 4 aromatic carbocycles. The highest BCUT2D eigenvalue weighted by atomic mass is 16.5. The van der Waals surface area contributed by atoms with E-state index in [1.165, 1.54) is 0 Å². The van der Waals surface area contributed by atoms with Crippen LogP contribution < -0.4 is 40.2 Å². The highest BCUT2D eigenvalue weighted by molar-refractivity contribution is 5.98. The summed E-state index contributed by atoms with van der Waals surface area (Å²) in [7, 11) is 0. The normalized spacial score (nSPS) is 16.0. The number of para-hydroxylation sites is 6. The minimum atomic E-state index is -1.07. The molecule has 0 bridgehead atoms. The molecular weight excluding hydrogens is 644 g/mol. The second-order valence-electron chi connectivity index (χ2n) is 11.2. The molecule has 260 valence electrons. The summed E-state index contributed by atoms with van der Waals surface area (Å²) in [6.45, 7) is -0.393. The maximum absolute atomic E-state index is 12.9. The summed E-state index contributed by atoms with van der Waals surface area (Å²) < 4.78 is 23.0. The Morgan fingerprint density at radius 2 is 0.880 bits per heavy atom. The van der Waals surface area contributed by atoms with Crippen molar-refractivity contribution in [3.8, 4) is 23.0 Å². The van der Waals surface area contributed by atoms with Crippen molar-refractivity contribution in [2.45, 2.75) is 18.9 Å². The lowest BCUT2D eigenvalue weighted by molar-refractivity contribution is -0.118. The van der Waals surface area contributed by atoms with Gasteiger partial charge in [-0.15, -0.1) is 0 Å². The van der Waals surface area contributed by atoms with Crippen LogP contribution in [0.5, 0.6) is 23.0 Å². The Bertz CT molecular complexity index is 1670. The summed E-state index contributed by atoms with van der Waals surface area (Å²) in [5, 5.41) is 21.8. The fourth-order valence-electron chi connectivity index (χ4n) is 4.88. The number of anilines is 2. The number of aliphatic hydroxyl groups is 1. The quantitative estimate of drug-likeness (QED) is 0.185. The molecule has 0 atom stereocenters. The molecular formula is C37H38N4O9. The minimum Gasteiger partial charge on any atom is -0.489 e. The Labute approximate surface area is 288 Å². The number of fused-ring (bicyclic) bond motifs is 4. The molecule has 0 spiro atoms. The number of hydrogen-bond donors (Lipinski definition) is 5. The lowest BCUT2D eigenvalue weighted by Gasteiger charge is -2.18. The van der Waals surface area contributed by atoms with Crippen LogP contribution in [0.3, 0.4) is 0 Å². The first-order valence-electron chi connectivity index (χ1n) is 16.1. The van der Waals surface area contributed by atoms with E-state index in [4.69, 9.17) is 18.9 Å². The predicted molar refractivity (Wildman–Crippen MR) is 185 cm³/mol. The van der Waals surface area contributed by atoms with E-state index in [1.807, 2.05) is 0 Å². The molecule has 1 heterocycles. The molecule has 0 aliphatic carbocycles.